The van der Waals surface area contributed by atoms with Crippen LogP contribution in [-0.4, -0.2) is 23.5 Å². The first-order valence-electron chi connectivity index (χ1n) is 3.86. The van der Waals surface area contributed by atoms with E-state index >= 15 is 0 Å². The van der Waals surface area contributed by atoms with Crippen molar-refractivity contribution in [2.24, 2.45) is 0 Å². The molecule has 0 aliphatic carbocycles. The molecule has 1 aromatic carbocycles. The second kappa shape index (κ2) is 5.22. The quantitative estimate of drug-likeness (QED) is 0.814. The molecular formula is C9H8ClFO2S. The zero-order valence-corrected chi connectivity index (χ0v) is 8.74. The Labute approximate surface area is 90.1 Å². The van der Waals surface area contributed by atoms with Gasteiger partial charge >= 0.3 is 5.97 Å². The van der Waals surface area contributed by atoms with E-state index < -0.39 is 12.6 Å². The highest BCUT2D eigenvalue weighted by atomic mass is 35.5. The lowest BCUT2D eigenvalue weighted by atomic mass is 10.2. The van der Waals surface area contributed by atoms with Gasteiger partial charge in [0, 0.05) is 10.6 Å². The second-order valence-corrected chi connectivity index (χ2v) is 4.06. The van der Waals surface area contributed by atoms with Crippen molar-refractivity contribution < 1.29 is 14.3 Å². The zero-order valence-electron chi connectivity index (χ0n) is 7.17. The molecule has 5 heteroatoms. The molecule has 0 unspecified atom stereocenters. The Kier molecular flexibility index (Phi) is 4.22. The zero-order chi connectivity index (χ0) is 10.6. The molecule has 0 saturated carbocycles. The number of aromatic carboxylic acids is 1. The summed E-state index contributed by atoms with van der Waals surface area (Å²) in [6.45, 7) is -0.435. The molecular weight excluding hydrogens is 227 g/mol. The predicted molar refractivity (Wildman–Crippen MR) is 55.1 cm³/mol. The first kappa shape index (κ1) is 11.3. The molecule has 0 saturated heterocycles. The van der Waals surface area contributed by atoms with Crippen LogP contribution < -0.4 is 0 Å². The predicted octanol–water partition coefficient (Wildman–Crippen LogP) is 3.10. The molecule has 2 nitrogen and oxygen atoms in total. The molecule has 0 aromatic heterocycles. The van der Waals surface area contributed by atoms with Gasteiger partial charge in [-0.1, -0.05) is 11.6 Å². The molecule has 76 valence electrons. The summed E-state index contributed by atoms with van der Waals surface area (Å²) in [6, 6.07) is 4.63. The maximum atomic E-state index is 11.9. The lowest BCUT2D eigenvalue weighted by molar-refractivity contribution is 0.0697. The molecule has 0 amide bonds. The molecule has 1 N–H and O–H groups in total. The Bertz CT molecular complexity index is 344. The minimum absolute atomic E-state index is 0.0514. The van der Waals surface area contributed by atoms with Gasteiger partial charge in [-0.25, -0.2) is 4.79 Å². The summed E-state index contributed by atoms with van der Waals surface area (Å²) < 4.78 is 11.9. The Morgan fingerprint density at radius 1 is 1.57 bits per heavy atom. The van der Waals surface area contributed by atoms with E-state index in [1.807, 2.05) is 0 Å². The number of halogens is 2. The number of thioether (sulfide) groups is 1. The normalized spacial score (nSPS) is 10.1. The first-order valence-corrected chi connectivity index (χ1v) is 5.23. The average molecular weight is 235 g/mol. The van der Waals surface area contributed by atoms with Gasteiger partial charge in [0.1, 0.15) is 0 Å². The monoisotopic (exact) mass is 234 g/mol. The highest BCUT2D eigenvalue weighted by molar-refractivity contribution is 7.99. The third-order valence-electron chi connectivity index (χ3n) is 1.51. The molecule has 1 aromatic rings. The number of hydrogen-bond donors (Lipinski definition) is 1. The summed E-state index contributed by atoms with van der Waals surface area (Å²) >= 11 is 6.92. The van der Waals surface area contributed by atoms with Gasteiger partial charge in [0.05, 0.1) is 17.3 Å². The number of carbonyl (C=O) groups is 1. The third kappa shape index (κ3) is 2.89. The van der Waals surface area contributed by atoms with Crippen LogP contribution in [-0.2, 0) is 0 Å². The third-order valence-corrected chi connectivity index (χ3v) is 2.79. The molecule has 0 bridgehead atoms. The fraction of sp³-hybridized carbons (Fsp3) is 0.222. The topological polar surface area (TPSA) is 37.3 Å². The van der Waals surface area contributed by atoms with Gasteiger partial charge in [0.25, 0.3) is 0 Å². The van der Waals surface area contributed by atoms with Gasteiger partial charge in [0.2, 0.25) is 0 Å². The van der Waals surface area contributed by atoms with Crippen LogP contribution in [0.25, 0.3) is 0 Å². The molecule has 0 fully saturated rings. The number of alkyl halides is 1. The number of carboxylic acid groups (broad SMARTS) is 1. The van der Waals surface area contributed by atoms with Crippen LogP contribution in [0.1, 0.15) is 10.4 Å². The number of carboxylic acids is 1. The van der Waals surface area contributed by atoms with Crippen LogP contribution in [0.2, 0.25) is 5.02 Å². The van der Waals surface area contributed by atoms with Crippen LogP contribution in [0, 0.1) is 0 Å². The molecule has 0 aliphatic rings. The van der Waals surface area contributed by atoms with E-state index in [9.17, 15) is 9.18 Å². The lowest BCUT2D eigenvalue weighted by Crippen LogP contribution is -1.97. The van der Waals surface area contributed by atoms with Crippen molar-refractivity contribution in [3.05, 3.63) is 28.8 Å². The van der Waals surface area contributed by atoms with E-state index in [0.717, 1.165) is 0 Å². The van der Waals surface area contributed by atoms with Crippen molar-refractivity contribution in [3.63, 3.8) is 0 Å². The fourth-order valence-electron chi connectivity index (χ4n) is 0.914. The Hall–Kier alpha value is -0.740. The number of rotatable bonds is 4. The van der Waals surface area contributed by atoms with Crippen LogP contribution >= 0.6 is 23.4 Å². The van der Waals surface area contributed by atoms with Gasteiger partial charge in [-0.05, 0) is 18.2 Å². The summed E-state index contributed by atoms with van der Waals surface area (Å²) in [5.41, 5.74) is 0.0514. The largest absolute Gasteiger partial charge is 0.478 e. The molecule has 0 atom stereocenters. The van der Waals surface area contributed by atoms with E-state index in [1.165, 1.54) is 23.9 Å². The molecule has 0 aliphatic heterocycles. The maximum Gasteiger partial charge on any atom is 0.337 e. The second-order valence-electron chi connectivity index (χ2n) is 2.48. The van der Waals surface area contributed by atoms with E-state index in [2.05, 4.69) is 0 Å². The fourth-order valence-corrected chi connectivity index (χ4v) is 1.79. The molecule has 0 radical (unpaired) electrons. The van der Waals surface area contributed by atoms with Gasteiger partial charge in [-0.3, -0.25) is 4.39 Å². The standard InChI is InChI=1S/C9H8ClFO2S/c10-8-2-1-6(14-4-3-11)5-7(8)9(12)13/h1-2,5H,3-4H2,(H,12,13). The maximum absolute atomic E-state index is 11.9. The van der Waals surface area contributed by atoms with Crippen molar-refractivity contribution >= 4 is 29.3 Å². The summed E-state index contributed by atoms with van der Waals surface area (Å²) in [4.78, 5) is 11.4. The van der Waals surface area contributed by atoms with E-state index in [4.69, 9.17) is 16.7 Å². The average Bonchev–Trinajstić information content (AvgIpc) is 2.16. The van der Waals surface area contributed by atoms with E-state index in [0.29, 0.717) is 10.6 Å². The molecule has 0 spiro atoms. The van der Waals surface area contributed by atoms with Gasteiger partial charge in [-0.2, -0.15) is 0 Å². The van der Waals surface area contributed by atoms with Crippen molar-refractivity contribution in [2.75, 3.05) is 12.4 Å². The van der Waals surface area contributed by atoms with Gasteiger partial charge < -0.3 is 5.11 Å². The van der Waals surface area contributed by atoms with Crippen LogP contribution in [0.4, 0.5) is 4.39 Å². The summed E-state index contributed by atoms with van der Waals surface area (Å²) in [5, 5.41) is 8.94. The summed E-state index contributed by atoms with van der Waals surface area (Å²) in [7, 11) is 0. The van der Waals surface area contributed by atoms with Crippen LogP contribution in [0.3, 0.4) is 0 Å². The Morgan fingerprint density at radius 2 is 2.29 bits per heavy atom. The SMILES string of the molecule is O=C(O)c1cc(SCCF)ccc1Cl. The van der Waals surface area contributed by atoms with Crippen molar-refractivity contribution in [3.8, 4) is 0 Å². The van der Waals surface area contributed by atoms with Gasteiger partial charge in [-0.15, -0.1) is 11.8 Å². The Balaban J connectivity index is 2.89. The minimum Gasteiger partial charge on any atom is -0.478 e. The van der Waals surface area contributed by atoms with Gasteiger partial charge in [0.15, 0.2) is 0 Å². The smallest absolute Gasteiger partial charge is 0.337 e. The minimum atomic E-state index is -1.07. The van der Waals surface area contributed by atoms with Crippen molar-refractivity contribution in [1.82, 2.24) is 0 Å². The van der Waals surface area contributed by atoms with Crippen molar-refractivity contribution in [2.45, 2.75) is 4.90 Å². The summed E-state index contributed by atoms with van der Waals surface area (Å²) in [6.07, 6.45) is 0. The highest BCUT2D eigenvalue weighted by Gasteiger charge is 2.09. The summed E-state index contributed by atoms with van der Waals surface area (Å²) in [5.74, 6) is -0.751. The number of hydrogen-bond acceptors (Lipinski definition) is 2. The molecule has 1 rings (SSSR count). The lowest BCUT2D eigenvalue weighted by Gasteiger charge is -2.02. The highest BCUT2D eigenvalue weighted by Crippen LogP contribution is 2.24. The van der Waals surface area contributed by atoms with E-state index in [-0.39, 0.29) is 10.6 Å². The molecule has 0 heterocycles. The van der Waals surface area contributed by atoms with Crippen molar-refractivity contribution in [1.29, 1.82) is 0 Å². The van der Waals surface area contributed by atoms with Crippen LogP contribution in [0.5, 0.6) is 0 Å². The molecule has 14 heavy (non-hydrogen) atoms. The van der Waals surface area contributed by atoms with Crippen LogP contribution in [0.15, 0.2) is 23.1 Å². The Morgan fingerprint density at radius 3 is 2.86 bits per heavy atom. The first-order chi connectivity index (χ1) is 6.65. The van der Waals surface area contributed by atoms with E-state index in [1.54, 1.807) is 6.07 Å². The number of benzene rings is 1.